The van der Waals surface area contributed by atoms with Gasteiger partial charge in [-0.25, -0.2) is 4.98 Å². The largest absolute Gasteiger partial charge is 0.396 e. The second-order valence-corrected chi connectivity index (χ2v) is 7.49. The molecule has 0 atom stereocenters. The molecular weight excluding hydrogens is 316 g/mol. The van der Waals surface area contributed by atoms with Gasteiger partial charge in [-0.05, 0) is 44.1 Å². The van der Waals surface area contributed by atoms with E-state index >= 15 is 0 Å². The summed E-state index contributed by atoms with van der Waals surface area (Å²) in [6, 6.07) is 1.98. The van der Waals surface area contributed by atoms with Crippen molar-refractivity contribution in [3.05, 3.63) is 28.2 Å². The van der Waals surface area contributed by atoms with Gasteiger partial charge in [-0.1, -0.05) is 12.8 Å². The molecule has 3 heterocycles. The number of aryl methyl sites for hydroxylation is 1. The average molecular weight is 342 g/mol. The van der Waals surface area contributed by atoms with E-state index in [0.717, 1.165) is 55.4 Å². The predicted molar refractivity (Wildman–Crippen MR) is 98.1 cm³/mol. The van der Waals surface area contributed by atoms with Crippen molar-refractivity contribution in [2.45, 2.75) is 51.5 Å². The molecule has 2 aromatic rings. The van der Waals surface area contributed by atoms with E-state index in [4.69, 9.17) is 4.98 Å². The summed E-state index contributed by atoms with van der Waals surface area (Å²) in [5.41, 5.74) is 1.78. The summed E-state index contributed by atoms with van der Waals surface area (Å²) in [7, 11) is 0. The zero-order chi connectivity index (χ0) is 17.4. The fourth-order valence-corrected chi connectivity index (χ4v) is 4.25. The quantitative estimate of drug-likeness (QED) is 0.927. The Hall–Kier alpha value is -1.95. The van der Waals surface area contributed by atoms with E-state index in [0.29, 0.717) is 11.9 Å². The van der Waals surface area contributed by atoms with Crippen molar-refractivity contribution >= 4 is 17.0 Å². The van der Waals surface area contributed by atoms with Crippen LogP contribution in [0.25, 0.3) is 11.0 Å². The SMILES string of the molecule is Cc1cc(=O)n(C2CCCC2)c2nc(N3CCC(CO)CC3)ncc12. The van der Waals surface area contributed by atoms with E-state index in [-0.39, 0.29) is 18.2 Å². The number of aliphatic hydroxyl groups is 1. The van der Waals surface area contributed by atoms with Gasteiger partial charge in [0, 0.05) is 43.4 Å². The molecule has 2 fully saturated rings. The van der Waals surface area contributed by atoms with Crippen molar-refractivity contribution in [3.8, 4) is 0 Å². The molecule has 1 aliphatic carbocycles. The van der Waals surface area contributed by atoms with Crippen LogP contribution < -0.4 is 10.5 Å². The molecule has 1 aliphatic heterocycles. The van der Waals surface area contributed by atoms with Crippen LogP contribution in [0.2, 0.25) is 0 Å². The molecule has 0 bridgehead atoms. The summed E-state index contributed by atoms with van der Waals surface area (Å²) in [6.07, 6.45) is 8.26. The predicted octanol–water partition coefficient (Wildman–Crippen LogP) is 2.42. The Bertz CT molecular complexity index is 818. The van der Waals surface area contributed by atoms with Crippen molar-refractivity contribution < 1.29 is 5.11 Å². The number of aromatic nitrogens is 3. The van der Waals surface area contributed by atoms with Gasteiger partial charge in [-0.15, -0.1) is 0 Å². The number of hydrogen-bond acceptors (Lipinski definition) is 5. The molecule has 1 saturated carbocycles. The Morgan fingerprint density at radius 1 is 1.20 bits per heavy atom. The summed E-state index contributed by atoms with van der Waals surface area (Å²) < 4.78 is 1.90. The molecule has 0 radical (unpaired) electrons. The standard InChI is InChI=1S/C19H26N4O2/c1-13-10-17(25)23(15-4-2-3-5-15)18-16(13)11-20-19(21-18)22-8-6-14(12-24)7-9-22/h10-11,14-15,24H,2-9,12H2,1H3. The van der Waals surface area contributed by atoms with Crippen molar-refractivity contribution in [3.63, 3.8) is 0 Å². The van der Waals surface area contributed by atoms with Crippen LogP contribution in [0.3, 0.4) is 0 Å². The topological polar surface area (TPSA) is 71.2 Å². The molecule has 134 valence electrons. The molecule has 6 heteroatoms. The molecular formula is C19H26N4O2. The molecule has 0 unspecified atom stereocenters. The summed E-state index contributed by atoms with van der Waals surface area (Å²) in [5.74, 6) is 1.09. The fourth-order valence-electron chi connectivity index (χ4n) is 4.25. The summed E-state index contributed by atoms with van der Waals surface area (Å²) >= 11 is 0. The Morgan fingerprint density at radius 3 is 2.60 bits per heavy atom. The lowest BCUT2D eigenvalue weighted by atomic mass is 9.98. The second-order valence-electron chi connectivity index (χ2n) is 7.49. The van der Waals surface area contributed by atoms with E-state index in [1.165, 1.54) is 12.8 Å². The van der Waals surface area contributed by atoms with Crippen LogP contribution >= 0.6 is 0 Å². The first kappa shape index (κ1) is 16.5. The van der Waals surface area contributed by atoms with Crippen LogP contribution in [0.15, 0.2) is 17.1 Å². The zero-order valence-corrected chi connectivity index (χ0v) is 14.8. The zero-order valence-electron chi connectivity index (χ0n) is 14.8. The van der Waals surface area contributed by atoms with Crippen LogP contribution in [-0.4, -0.2) is 39.3 Å². The van der Waals surface area contributed by atoms with Crippen molar-refractivity contribution in [1.82, 2.24) is 14.5 Å². The third-order valence-electron chi connectivity index (χ3n) is 5.83. The van der Waals surface area contributed by atoms with Crippen LogP contribution in [0.1, 0.15) is 50.1 Å². The summed E-state index contributed by atoms with van der Waals surface area (Å²) in [4.78, 5) is 24.3. The average Bonchev–Trinajstić information content (AvgIpc) is 3.15. The number of anilines is 1. The highest BCUT2D eigenvalue weighted by molar-refractivity contribution is 5.79. The minimum absolute atomic E-state index is 0.0561. The van der Waals surface area contributed by atoms with Gasteiger partial charge in [0.2, 0.25) is 5.95 Å². The van der Waals surface area contributed by atoms with E-state index in [1.54, 1.807) is 6.07 Å². The Labute approximate surface area is 147 Å². The number of piperidine rings is 1. The molecule has 1 N–H and O–H groups in total. The van der Waals surface area contributed by atoms with Gasteiger partial charge in [0.05, 0.1) is 0 Å². The second kappa shape index (κ2) is 6.75. The normalized spacial score (nSPS) is 19.8. The highest BCUT2D eigenvalue weighted by atomic mass is 16.3. The number of pyridine rings is 1. The van der Waals surface area contributed by atoms with Crippen molar-refractivity contribution in [2.24, 2.45) is 5.92 Å². The maximum atomic E-state index is 12.7. The molecule has 0 spiro atoms. The number of fused-ring (bicyclic) bond motifs is 1. The number of hydrogen-bond donors (Lipinski definition) is 1. The van der Waals surface area contributed by atoms with Crippen LogP contribution in [0.5, 0.6) is 0 Å². The number of aliphatic hydroxyl groups excluding tert-OH is 1. The molecule has 0 amide bonds. The van der Waals surface area contributed by atoms with Gasteiger partial charge in [0.15, 0.2) is 0 Å². The first-order chi connectivity index (χ1) is 12.2. The van der Waals surface area contributed by atoms with Gasteiger partial charge in [0.25, 0.3) is 5.56 Å². The molecule has 2 aromatic heterocycles. The Balaban J connectivity index is 1.76. The van der Waals surface area contributed by atoms with Gasteiger partial charge in [-0.3, -0.25) is 9.36 Å². The molecule has 25 heavy (non-hydrogen) atoms. The van der Waals surface area contributed by atoms with Crippen LogP contribution in [0.4, 0.5) is 5.95 Å². The lowest BCUT2D eigenvalue weighted by Crippen LogP contribution is -2.36. The minimum Gasteiger partial charge on any atom is -0.396 e. The first-order valence-corrected chi connectivity index (χ1v) is 9.42. The van der Waals surface area contributed by atoms with Gasteiger partial charge >= 0.3 is 0 Å². The highest BCUT2D eigenvalue weighted by Crippen LogP contribution is 2.31. The molecule has 4 rings (SSSR count). The lowest BCUT2D eigenvalue weighted by Gasteiger charge is -2.31. The monoisotopic (exact) mass is 342 g/mol. The van der Waals surface area contributed by atoms with Gasteiger partial charge in [-0.2, -0.15) is 4.98 Å². The smallest absolute Gasteiger partial charge is 0.252 e. The van der Waals surface area contributed by atoms with Gasteiger partial charge in [0.1, 0.15) is 5.65 Å². The molecule has 1 saturated heterocycles. The summed E-state index contributed by atoms with van der Waals surface area (Å²) in [6.45, 7) is 3.93. The van der Waals surface area contributed by atoms with Crippen molar-refractivity contribution in [2.75, 3.05) is 24.6 Å². The van der Waals surface area contributed by atoms with E-state index in [2.05, 4.69) is 9.88 Å². The van der Waals surface area contributed by atoms with Gasteiger partial charge < -0.3 is 10.0 Å². The fraction of sp³-hybridized carbons (Fsp3) is 0.632. The minimum atomic E-state index is 0.0561. The maximum absolute atomic E-state index is 12.7. The van der Waals surface area contributed by atoms with Crippen molar-refractivity contribution in [1.29, 1.82) is 0 Å². The molecule has 0 aromatic carbocycles. The molecule has 2 aliphatic rings. The highest BCUT2D eigenvalue weighted by Gasteiger charge is 2.24. The molecule has 6 nitrogen and oxygen atoms in total. The Kier molecular flexibility index (Phi) is 4.46. The first-order valence-electron chi connectivity index (χ1n) is 9.42. The lowest BCUT2D eigenvalue weighted by molar-refractivity contribution is 0.202. The van der Waals surface area contributed by atoms with Crippen LogP contribution in [0, 0.1) is 12.8 Å². The Morgan fingerprint density at radius 2 is 1.92 bits per heavy atom. The summed E-state index contributed by atoms with van der Waals surface area (Å²) in [5, 5.41) is 10.3. The third kappa shape index (κ3) is 3.03. The maximum Gasteiger partial charge on any atom is 0.252 e. The number of nitrogens with zero attached hydrogens (tertiary/aromatic N) is 4. The van der Waals surface area contributed by atoms with Crippen LogP contribution in [-0.2, 0) is 0 Å². The van der Waals surface area contributed by atoms with E-state index in [9.17, 15) is 9.90 Å². The van der Waals surface area contributed by atoms with E-state index < -0.39 is 0 Å². The van der Waals surface area contributed by atoms with E-state index in [1.807, 2.05) is 17.7 Å². The third-order valence-corrected chi connectivity index (χ3v) is 5.83. The number of rotatable bonds is 3.